The Kier molecular flexibility index (Phi) is 2.72. The smallest absolute Gasteiger partial charge is 0.187 e. The van der Waals surface area contributed by atoms with Crippen molar-refractivity contribution in [2.24, 2.45) is 0 Å². The normalized spacial score (nSPS) is 14.2. The number of fused-ring (bicyclic) bond motifs is 1. The first-order valence-corrected chi connectivity index (χ1v) is 6.78. The maximum absolute atomic E-state index is 4.50. The number of rotatable bonds is 2. The van der Waals surface area contributed by atoms with Gasteiger partial charge in [-0.1, -0.05) is 11.8 Å². The maximum atomic E-state index is 4.50. The fraction of sp³-hybridized carbons (Fsp3) is 0.364. The molecule has 17 heavy (non-hydrogen) atoms. The molecule has 1 N–H and O–H groups in total. The zero-order valence-electron chi connectivity index (χ0n) is 9.55. The summed E-state index contributed by atoms with van der Waals surface area (Å²) in [6.45, 7) is 1.97. The number of aromatic nitrogens is 4. The highest BCUT2D eigenvalue weighted by molar-refractivity contribution is 7.98. The van der Waals surface area contributed by atoms with Crippen molar-refractivity contribution >= 4 is 17.6 Å². The molecule has 0 fully saturated rings. The van der Waals surface area contributed by atoms with Crippen LogP contribution in [0.4, 0.5) is 5.82 Å². The van der Waals surface area contributed by atoms with Crippen LogP contribution in [-0.2, 0) is 6.54 Å². The number of nitrogens with one attached hydrogen (secondary N) is 1. The molecule has 0 saturated carbocycles. The Morgan fingerprint density at radius 1 is 1.47 bits per heavy atom. The van der Waals surface area contributed by atoms with E-state index in [1.807, 2.05) is 23.2 Å². The number of hydrogen-bond acceptors (Lipinski definition) is 5. The van der Waals surface area contributed by atoms with Gasteiger partial charge in [0.05, 0.1) is 17.5 Å². The molecule has 5 nitrogen and oxygen atoms in total. The fourth-order valence-corrected chi connectivity index (χ4v) is 2.31. The Hall–Kier alpha value is -1.56. The highest BCUT2D eigenvalue weighted by Gasteiger charge is 2.16. The van der Waals surface area contributed by atoms with Gasteiger partial charge in [-0.05, 0) is 18.7 Å². The minimum absolute atomic E-state index is 0.790. The molecule has 2 aromatic heterocycles. The zero-order valence-corrected chi connectivity index (χ0v) is 10.4. The second kappa shape index (κ2) is 4.37. The molecule has 0 spiro atoms. The summed E-state index contributed by atoms with van der Waals surface area (Å²) in [4.78, 5) is 8.68. The molecule has 0 aliphatic carbocycles. The van der Waals surface area contributed by atoms with Crippen molar-refractivity contribution in [3.05, 3.63) is 18.5 Å². The van der Waals surface area contributed by atoms with E-state index < -0.39 is 0 Å². The third-order valence-electron chi connectivity index (χ3n) is 2.77. The van der Waals surface area contributed by atoms with Crippen LogP contribution in [0.25, 0.3) is 11.3 Å². The summed E-state index contributed by atoms with van der Waals surface area (Å²) >= 11 is 1.55. The summed E-state index contributed by atoms with van der Waals surface area (Å²) in [7, 11) is 0. The van der Waals surface area contributed by atoms with Crippen molar-refractivity contribution in [2.45, 2.75) is 18.1 Å². The van der Waals surface area contributed by atoms with Crippen LogP contribution >= 0.6 is 11.8 Å². The van der Waals surface area contributed by atoms with Crippen molar-refractivity contribution in [1.82, 2.24) is 19.7 Å². The molecule has 1 aliphatic heterocycles. The van der Waals surface area contributed by atoms with E-state index in [1.54, 1.807) is 18.0 Å². The van der Waals surface area contributed by atoms with E-state index in [2.05, 4.69) is 20.4 Å². The first-order chi connectivity index (χ1) is 8.38. The lowest BCUT2D eigenvalue weighted by Gasteiger charge is -2.16. The van der Waals surface area contributed by atoms with E-state index in [0.29, 0.717) is 0 Å². The van der Waals surface area contributed by atoms with E-state index in [0.717, 1.165) is 41.7 Å². The van der Waals surface area contributed by atoms with Crippen molar-refractivity contribution < 1.29 is 0 Å². The standard InChI is InChI=1S/C11H13N5S/c1-17-11-13-5-3-9(15-11)8-7-14-16-6-2-4-12-10(8)16/h3,5,7,12H,2,4,6H2,1H3. The molecule has 88 valence electrons. The summed E-state index contributed by atoms with van der Waals surface area (Å²) in [6.07, 6.45) is 6.76. The average Bonchev–Trinajstić information content (AvgIpc) is 2.82. The maximum Gasteiger partial charge on any atom is 0.187 e. The van der Waals surface area contributed by atoms with Crippen LogP contribution < -0.4 is 5.32 Å². The van der Waals surface area contributed by atoms with Crippen LogP contribution in [0, 0.1) is 0 Å². The second-order valence-electron chi connectivity index (χ2n) is 3.84. The quantitative estimate of drug-likeness (QED) is 0.648. The first kappa shape index (κ1) is 10.6. The predicted octanol–water partition coefficient (Wildman–Crippen LogP) is 1.88. The molecule has 0 aromatic carbocycles. The number of thioether (sulfide) groups is 1. The zero-order chi connectivity index (χ0) is 11.7. The lowest BCUT2D eigenvalue weighted by atomic mass is 10.2. The minimum Gasteiger partial charge on any atom is -0.370 e. The molecule has 3 rings (SSSR count). The Labute approximate surface area is 104 Å². The van der Waals surface area contributed by atoms with E-state index in [4.69, 9.17) is 0 Å². The topological polar surface area (TPSA) is 55.6 Å². The number of aryl methyl sites for hydroxylation is 1. The van der Waals surface area contributed by atoms with E-state index >= 15 is 0 Å². The van der Waals surface area contributed by atoms with Gasteiger partial charge in [0.2, 0.25) is 0 Å². The van der Waals surface area contributed by atoms with Crippen molar-refractivity contribution in [3.8, 4) is 11.3 Å². The molecule has 0 saturated heterocycles. The van der Waals surface area contributed by atoms with Gasteiger partial charge in [-0.3, -0.25) is 0 Å². The Balaban J connectivity index is 2.05. The highest BCUT2D eigenvalue weighted by atomic mass is 32.2. The summed E-state index contributed by atoms with van der Waals surface area (Å²) in [5, 5.41) is 8.55. The molecule has 3 heterocycles. The molecule has 0 atom stereocenters. The Morgan fingerprint density at radius 2 is 2.41 bits per heavy atom. The lowest BCUT2D eigenvalue weighted by molar-refractivity contribution is 0.568. The first-order valence-electron chi connectivity index (χ1n) is 5.55. The number of nitrogens with zero attached hydrogens (tertiary/aromatic N) is 4. The summed E-state index contributed by atoms with van der Waals surface area (Å²) in [6, 6.07) is 1.92. The van der Waals surface area contributed by atoms with Crippen LogP contribution in [0.5, 0.6) is 0 Å². The molecule has 1 aliphatic rings. The molecule has 0 bridgehead atoms. The van der Waals surface area contributed by atoms with Gasteiger partial charge < -0.3 is 5.32 Å². The van der Waals surface area contributed by atoms with Crippen LogP contribution in [0.15, 0.2) is 23.6 Å². The van der Waals surface area contributed by atoms with Gasteiger partial charge in [-0.25, -0.2) is 14.6 Å². The minimum atomic E-state index is 0.790. The van der Waals surface area contributed by atoms with E-state index in [9.17, 15) is 0 Å². The molecular weight excluding hydrogens is 234 g/mol. The molecule has 0 amide bonds. The van der Waals surface area contributed by atoms with Gasteiger partial charge in [0, 0.05) is 19.3 Å². The summed E-state index contributed by atoms with van der Waals surface area (Å²) in [5.41, 5.74) is 1.99. The van der Waals surface area contributed by atoms with Crippen molar-refractivity contribution in [3.63, 3.8) is 0 Å². The second-order valence-corrected chi connectivity index (χ2v) is 4.61. The molecule has 2 aromatic rings. The summed E-state index contributed by atoms with van der Waals surface area (Å²) in [5.74, 6) is 1.07. The van der Waals surface area contributed by atoms with E-state index in [-0.39, 0.29) is 0 Å². The average molecular weight is 247 g/mol. The van der Waals surface area contributed by atoms with Crippen LogP contribution in [-0.4, -0.2) is 32.5 Å². The lowest BCUT2D eigenvalue weighted by Crippen LogP contribution is -2.17. The van der Waals surface area contributed by atoms with Crippen molar-refractivity contribution in [2.75, 3.05) is 18.1 Å². The van der Waals surface area contributed by atoms with Gasteiger partial charge in [0.1, 0.15) is 5.82 Å². The Morgan fingerprint density at radius 3 is 3.29 bits per heavy atom. The highest BCUT2D eigenvalue weighted by Crippen LogP contribution is 2.28. The van der Waals surface area contributed by atoms with Crippen molar-refractivity contribution in [1.29, 1.82) is 0 Å². The molecule has 0 unspecified atom stereocenters. The molecular formula is C11H13N5S. The number of anilines is 1. The largest absolute Gasteiger partial charge is 0.370 e. The van der Waals surface area contributed by atoms with E-state index in [1.165, 1.54) is 0 Å². The fourth-order valence-electron chi connectivity index (χ4n) is 1.95. The van der Waals surface area contributed by atoms with Crippen LogP contribution in [0.2, 0.25) is 0 Å². The Bertz CT molecular complexity index is 536. The third kappa shape index (κ3) is 1.88. The molecule has 0 radical (unpaired) electrons. The van der Waals surface area contributed by atoms with Gasteiger partial charge in [0.25, 0.3) is 0 Å². The monoisotopic (exact) mass is 247 g/mol. The summed E-state index contributed by atoms with van der Waals surface area (Å²) < 4.78 is 2.00. The van der Waals surface area contributed by atoms with Gasteiger partial charge in [0.15, 0.2) is 5.16 Å². The number of hydrogen-bond donors (Lipinski definition) is 1. The van der Waals surface area contributed by atoms with Crippen LogP contribution in [0.1, 0.15) is 6.42 Å². The van der Waals surface area contributed by atoms with Crippen LogP contribution in [0.3, 0.4) is 0 Å². The predicted molar refractivity (Wildman–Crippen MR) is 68.1 cm³/mol. The molecule has 6 heteroatoms. The third-order valence-corrected chi connectivity index (χ3v) is 3.33. The SMILES string of the molecule is CSc1nccc(-c2cnn3c2NCCC3)n1. The van der Waals surface area contributed by atoms with Gasteiger partial charge in [-0.15, -0.1) is 0 Å². The van der Waals surface area contributed by atoms with Gasteiger partial charge in [-0.2, -0.15) is 5.10 Å². The van der Waals surface area contributed by atoms with Gasteiger partial charge >= 0.3 is 0 Å².